The molecule has 0 spiro atoms. The van der Waals surface area contributed by atoms with Crippen LogP contribution < -0.4 is 14.8 Å². The number of aromatic nitrogens is 3. The molecule has 8 heteroatoms. The lowest BCUT2D eigenvalue weighted by molar-refractivity contribution is 0.0949. The Hall–Kier alpha value is -3.91. The monoisotopic (exact) mass is 459 g/mol. The predicted molar refractivity (Wildman–Crippen MR) is 131 cm³/mol. The van der Waals surface area contributed by atoms with Gasteiger partial charge in [0.2, 0.25) is 0 Å². The van der Waals surface area contributed by atoms with Crippen LogP contribution in [0.15, 0.2) is 67.0 Å². The maximum Gasteiger partial charge on any atom is 0.252 e. The average molecular weight is 460 g/mol. The zero-order valence-corrected chi connectivity index (χ0v) is 19.7. The molecule has 0 bridgehead atoms. The Bertz CT molecular complexity index is 1260. The molecule has 176 valence electrons. The van der Waals surface area contributed by atoms with Crippen molar-refractivity contribution in [2.45, 2.75) is 13.1 Å². The molecule has 0 saturated heterocycles. The smallest absolute Gasteiger partial charge is 0.252 e. The first-order valence-electron chi connectivity index (χ1n) is 11.1. The molecule has 2 aromatic carbocycles. The molecular formula is C26H29N5O3. The van der Waals surface area contributed by atoms with Crippen molar-refractivity contribution < 1.29 is 14.3 Å². The van der Waals surface area contributed by atoms with Gasteiger partial charge in [-0.25, -0.2) is 9.67 Å². The number of nitrogens with one attached hydrogen (secondary N) is 1. The lowest BCUT2D eigenvalue weighted by Crippen LogP contribution is -2.32. The van der Waals surface area contributed by atoms with Crippen LogP contribution in [-0.4, -0.2) is 59.9 Å². The van der Waals surface area contributed by atoms with Crippen LogP contribution in [0.25, 0.3) is 11.0 Å². The molecule has 0 fully saturated rings. The van der Waals surface area contributed by atoms with Gasteiger partial charge in [0.1, 0.15) is 11.5 Å². The van der Waals surface area contributed by atoms with E-state index in [2.05, 4.69) is 32.4 Å². The lowest BCUT2D eigenvalue weighted by Gasteiger charge is -2.17. The largest absolute Gasteiger partial charge is 0.497 e. The van der Waals surface area contributed by atoms with Gasteiger partial charge in [-0.2, -0.15) is 5.10 Å². The second-order valence-corrected chi connectivity index (χ2v) is 8.10. The third-order valence-electron chi connectivity index (χ3n) is 5.63. The first kappa shape index (κ1) is 23.3. The molecule has 8 nitrogen and oxygen atoms in total. The highest BCUT2D eigenvalue weighted by atomic mass is 16.5. The zero-order chi connectivity index (χ0) is 23.9. The van der Waals surface area contributed by atoms with Gasteiger partial charge < -0.3 is 19.7 Å². The minimum absolute atomic E-state index is 0.146. The summed E-state index contributed by atoms with van der Waals surface area (Å²) < 4.78 is 12.5. The van der Waals surface area contributed by atoms with Gasteiger partial charge in [0.25, 0.3) is 5.91 Å². The number of rotatable bonds is 10. The van der Waals surface area contributed by atoms with E-state index >= 15 is 0 Å². The Morgan fingerprint density at radius 1 is 1.06 bits per heavy atom. The number of nitrogens with zero attached hydrogens (tertiary/aromatic N) is 4. The summed E-state index contributed by atoms with van der Waals surface area (Å²) in [6.07, 6.45) is 3.32. The SMILES string of the molecule is COc1ccc(Cn2ncc3cc(C(=O)NCCN(C)Cc4ccccc4)cnc32)c(OC)c1. The highest BCUT2D eigenvalue weighted by Crippen LogP contribution is 2.26. The number of hydrogen-bond acceptors (Lipinski definition) is 6. The molecule has 2 aromatic heterocycles. The Labute approximate surface area is 199 Å². The number of hydrogen-bond donors (Lipinski definition) is 1. The van der Waals surface area contributed by atoms with Gasteiger partial charge >= 0.3 is 0 Å². The number of ether oxygens (including phenoxy) is 2. The Morgan fingerprint density at radius 2 is 1.88 bits per heavy atom. The first-order chi connectivity index (χ1) is 16.6. The minimum Gasteiger partial charge on any atom is -0.497 e. The quantitative estimate of drug-likeness (QED) is 0.392. The summed E-state index contributed by atoms with van der Waals surface area (Å²) in [6.45, 7) is 2.63. The molecule has 0 radical (unpaired) electrons. The fourth-order valence-corrected chi connectivity index (χ4v) is 3.79. The number of pyridine rings is 1. The van der Waals surface area contributed by atoms with Gasteiger partial charge in [-0.05, 0) is 30.8 Å². The van der Waals surface area contributed by atoms with Crippen molar-refractivity contribution in [3.63, 3.8) is 0 Å². The first-order valence-corrected chi connectivity index (χ1v) is 11.1. The third kappa shape index (κ3) is 5.52. The Balaban J connectivity index is 1.37. The van der Waals surface area contributed by atoms with Gasteiger partial charge in [0.05, 0.1) is 32.5 Å². The molecule has 34 heavy (non-hydrogen) atoms. The van der Waals surface area contributed by atoms with E-state index in [0.29, 0.717) is 24.3 Å². The van der Waals surface area contributed by atoms with Crippen molar-refractivity contribution >= 4 is 16.9 Å². The number of likely N-dealkylation sites (N-methyl/N-ethyl adjacent to an activating group) is 1. The van der Waals surface area contributed by atoms with Crippen molar-refractivity contribution in [2.75, 3.05) is 34.4 Å². The van der Waals surface area contributed by atoms with Crippen LogP contribution in [0.5, 0.6) is 11.5 Å². The van der Waals surface area contributed by atoms with Crippen LogP contribution in [0.3, 0.4) is 0 Å². The van der Waals surface area contributed by atoms with Gasteiger partial charge in [-0.15, -0.1) is 0 Å². The van der Waals surface area contributed by atoms with Crippen molar-refractivity contribution in [2.24, 2.45) is 0 Å². The normalized spacial score (nSPS) is 11.1. The molecule has 4 rings (SSSR count). The standard InChI is InChI=1S/C26H29N5O3/c1-30(17-19-7-5-4-6-8-19)12-11-27-26(32)22-13-21-16-29-31(25(21)28-15-22)18-20-9-10-23(33-2)14-24(20)34-3/h4-10,13-16H,11-12,17-18H2,1-3H3,(H,27,32). The van der Waals surface area contributed by atoms with Crippen molar-refractivity contribution in [1.29, 1.82) is 0 Å². The van der Waals surface area contributed by atoms with Crippen molar-refractivity contribution in [1.82, 2.24) is 25.0 Å². The summed E-state index contributed by atoms with van der Waals surface area (Å²) in [5.74, 6) is 1.30. The summed E-state index contributed by atoms with van der Waals surface area (Å²) in [5, 5.41) is 8.25. The number of amides is 1. The molecular weight excluding hydrogens is 430 g/mol. The number of methoxy groups -OCH3 is 2. The van der Waals surface area contributed by atoms with E-state index in [1.54, 1.807) is 31.3 Å². The number of benzene rings is 2. The number of carbonyl (C=O) groups excluding carboxylic acids is 1. The van der Waals surface area contributed by atoms with E-state index in [9.17, 15) is 4.79 Å². The third-order valence-corrected chi connectivity index (χ3v) is 5.63. The molecule has 0 saturated carbocycles. The van der Waals surface area contributed by atoms with Crippen LogP contribution in [0.4, 0.5) is 0 Å². The summed E-state index contributed by atoms with van der Waals surface area (Å²) in [4.78, 5) is 19.3. The summed E-state index contributed by atoms with van der Waals surface area (Å²) >= 11 is 0. The molecule has 0 aliphatic rings. The predicted octanol–water partition coefficient (Wildman–Crippen LogP) is 3.36. The Morgan fingerprint density at radius 3 is 2.65 bits per heavy atom. The van der Waals surface area contributed by atoms with Crippen molar-refractivity contribution in [3.8, 4) is 11.5 Å². The molecule has 2 heterocycles. The van der Waals surface area contributed by atoms with E-state index in [4.69, 9.17) is 9.47 Å². The van der Waals surface area contributed by atoms with E-state index in [1.807, 2.05) is 49.5 Å². The molecule has 1 N–H and O–H groups in total. The fourth-order valence-electron chi connectivity index (χ4n) is 3.79. The summed E-state index contributed by atoms with van der Waals surface area (Å²) in [7, 11) is 5.29. The highest BCUT2D eigenvalue weighted by molar-refractivity contribution is 5.96. The van der Waals surface area contributed by atoms with Crippen LogP contribution in [0, 0.1) is 0 Å². The van der Waals surface area contributed by atoms with Crippen LogP contribution >= 0.6 is 0 Å². The molecule has 0 atom stereocenters. The molecule has 1 amide bonds. The second kappa shape index (κ2) is 10.8. The Kier molecular flexibility index (Phi) is 7.39. The van der Waals surface area contributed by atoms with Gasteiger partial charge in [-0.3, -0.25) is 4.79 Å². The maximum absolute atomic E-state index is 12.6. The maximum atomic E-state index is 12.6. The average Bonchev–Trinajstić information content (AvgIpc) is 3.26. The molecule has 0 unspecified atom stereocenters. The van der Waals surface area contributed by atoms with Crippen LogP contribution in [-0.2, 0) is 13.1 Å². The van der Waals surface area contributed by atoms with E-state index in [-0.39, 0.29) is 5.91 Å². The van der Waals surface area contributed by atoms with E-state index < -0.39 is 0 Å². The number of fused-ring (bicyclic) bond motifs is 1. The summed E-state index contributed by atoms with van der Waals surface area (Å²) in [6, 6.07) is 17.8. The van der Waals surface area contributed by atoms with Crippen LogP contribution in [0.2, 0.25) is 0 Å². The lowest BCUT2D eigenvalue weighted by atomic mass is 10.2. The highest BCUT2D eigenvalue weighted by Gasteiger charge is 2.13. The molecule has 0 aliphatic heterocycles. The zero-order valence-electron chi connectivity index (χ0n) is 19.7. The molecule has 4 aromatic rings. The van der Waals surface area contributed by atoms with Crippen molar-refractivity contribution in [3.05, 3.63) is 83.7 Å². The second-order valence-electron chi connectivity index (χ2n) is 8.10. The summed E-state index contributed by atoms with van der Waals surface area (Å²) in [5.41, 5.74) is 3.42. The molecule has 0 aliphatic carbocycles. The van der Waals surface area contributed by atoms with E-state index in [0.717, 1.165) is 35.5 Å². The van der Waals surface area contributed by atoms with Gasteiger partial charge in [0.15, 0.2) is 5.65 Å². The van der Waals surface area contributed by atoms with Crippen LogP contribution in [0.1, 0.15) is 21.5 Å². The fraction of sp³-hybridized carbons (Fsp3) is 0.269. The van der Waals surface area contributed by atoms with Gasteiger partial charge in [-0.1, -0.05) is 30.3 Å². The van der Waals surface area contributed by atoms with E-state index in [1.165, 1.54) is 5.56 Å². The topological polar surface area (TPSA) is 81.5 Å². The number of carbonyl (C=O) groups is 1. The minimum atomic E-state index is -0.146. The van der Waals surface area contributed by atoms with Gasteiger partial charge in [0, 0.05) is 42.8 Å².